The summed E-state index contributed by atoms with van der Waals surface area (Å²) in [5.74, 6) is -1.71. The number of carbonyl (C=O) groups excluding carboxylic acids is 2. The number of hydrogen-bond acceptors (Lipinski definition) is 3. The van der Waals surface area contributed by atoms with Crippen LogP contribution in [0.15, 0.2) is 115 Å². The minimum absolute atomic E-state index is 0.0396. The highest BCUT2D eigenvalue weighted by atomic mass is 19.4. The van der Waals surface area contributed by atoms with Gasteiger partial charge in [0.25, 0.3) is 0 Å². The monoisotopic (exact) mass is 597 g/mol. The Morgan fingerprint density at radius 2 is 1.43 bits per heavy atom. The van der Waals surface area contributed by atoms with Crippen molar-refractivity contribution in [1.82, 2.24) is 0 Å². The summed E-state index contributed by atoms with van der Waals surface area (Å²) >= 11 is 0. The first-order chi connectivity index (χ1) is 20.8. The van der Waals surface area contributed by atoms with Gasteiger partial charge in [0.1, 0.15) is 5.60 Å². The maximum Gasteiger partial charge on any atom is 0.421 e. The number of rotatable bonds is 6. The van der Waals surface area contributed by atoms with Gasteiger partial charge in [-0.3, -0.25) is 4.79 Å². The van der Waals surface area contributed by atoms with Gasteiger partial charge < -0.3 is 4.74 Å². The summed E-state index contributed by atoms with van der Waals surface area (Å²) in [6, 6.07) is 31.3. The van der Waals surface area contributed by atoms with Crippen LogP contribution in [0.2, 0.25) is 0 Å². The number of fused-ring (bicyclic) bond motifs is 1. The van der Waals surface area contributed by atoms with Gasteiger partial charge in [-0.1, -0.05) is 109 Å². The third-order valence-electron chi connectivity index (χ3n) is 7.78. The number of benzene rings is 4. The molecule has 0 fully saturated rings. The van der Waals surface area contributed by atoms with Crippen LogP contribution in [0.4, 0.5) is 23.7 Å². The Hall–Kier alpha value is -4.65. The van der Waals surface area contributed by atoms with Gasteiger partial charge in [-0.2, -0.15) is 13.2 Å². The molecule has 1 aliphatic heterocycles. The van der Waals surface area contributed by atoms with E-state index in [0.717, 1.165) is 33.2 Å². The molecule has 0 saturated heterocycles. The average molecular weight is 598 g/mol. The van der Waals surface area contributed by atoms with Crippen LogP contribution in [0.3, 0.4) is 0 Å². The van der Waals surface area contributed by atoms with Gasteiger partial charge in [0, 0.05) is 12.0 Å². The smallest absolute Gasteiger partial charge is 0.421 e. The van der Waals surface area contributed by atoms with E-state index >= 15 is 0 Å². The molecule has 2 amide bonds. The topological polar surface area (TPSA) is 46.6 Å². The maximum absolute atomic E-state index is 14.8. The predicted octanol–water partition coefficient (Wildman–Crippen LogP) is 9.33. The number of imide groups is 1. The molecule has 0 saturated carbocycles. The molecule has 44 heavy (non-hydrogen) atoms. The molecule has 5 rings (SSSR count). The number of para-hydroxylation sites is 1. The average Bonchev–Trinajstić information content (AvgIpc) is 3.21. The summed E-state index contributed by atoms with van der Waals surface area (Å²) in [6.07, 6.45) is -4.22. The van der Waals surface area contributed by atoms with Crippen molar-refractivity contribution in [2.24, 2.45) is 0 Å². The Labute approximate surface area is 255 Å². The molecule has 0 radical (unpaired) electrons. The number of carbonyl (C=O) groups is 2. The lowest BCUT2D eigenvalue weighted by Crippen LogP contribution is -2.49. The lowest BCUT2D eigenvalue weighted by molar-refractivity contribution is -0.123. The summed E-state index contributed by atoms with van der Waals surface area (Å²) in [5.41, 5.74) is 2.40. The van der Waals surface area contributed by atoms with Gasteiger partial charge in [-0.05, 0) is 68.0 Å². The van der Waals surface area contributed by atoms with Gasteiger partial charge in [-0.25, -0.2) is 9.69 Å². The summed E-state index contributed by atoms with van der Waals surface area (Å²) < 4.78 is 46.9. The minimum Gasteiger partial charge on any atom is -0.443 e. The second-order valence-electron chi connectivity index (χ2n) is 12.1. The Morgan fingerprint density at radius 1 is 0.841 bits per heavy atom. The molecule has 7 heteroatoms. The molecule has 0 aliphatic carbocycles. The number of anilines is 1. The molecule has 1 heterocycles. The van der Waals surface area contributed by atoms with Gasteiger partial charge >= 0.3 is 12.3 Å². The fourth-order valence-electron chi connectivity index (χ4n) is 5.85. The minimum atomic E-state index is -4.62. The van der Waals surface area contributed by atoms with Crippen LogP contribution in [-0.2, 0) is 21.4 Å². The van der Waals surface area contributed by atoms with Crippen molar-refractivity contribution in [3.05, 3.63) is 138 Å². The molecular formula is C37H34F3NO3. The third-order valence-corrected chi connectivity index (χ3v) is 7.78. The maximum atomic E-state index is 14.8. The Morgan fingerprint density at radius 3 is 2.05 bits per heavy atom. The number of nitrogens with zero attached hydrogens (tertiary/aromatic N) is 1. The number of hydrogen-bond donors (Lipinski definition) is 0. The number of alkyl halides is 3. The van der Waals surface area contributed by atoms with E-state index < -0.39 is 35.1 Å². The van der Waals surface area contributed by atoms with Crippen LogP contribution in [0.5, 0.6) is 0 Å². The molecule has 0 N–H and O–H groups in total. The number of ether oxygens (including phenoxy) is 1. The van der Waals surface area contributed by atoms with Gasteiger partial charge in [0.15, 0.2) is 0 Å². The van der Waals surface area contributed by atoms with E-state index in [9.17, 15) is 22.8 Å². The van der Waals surface area contributed by atoms with Crippen LogP contribution in [0, 0.1) is 6.92 Å². The van der Waals surface area contributed by atoms with Crippen molar-refractivity contribution in [3.63, 3.8) is 0 Å². The lowest BCUT2D eigenvalue weighted by Gasteiger charge is -2.36. The van der Waals surface area contributed by atoms with E-state index in [1.54, 1.807) is 57.2 Å². The number of allylic oxidation sites excluding steroid dienone is 2. The zero-order chi connectivity index (χ0) is 31.7. The summed E-state index contributed by atoms with van der Waals surface area (Å²) in [5, 5.41) is 0. The van der Waals surface area contributed by atoms with Crippen molar-refractivity contribution in [3.8, 4) is 11.1 Å². The van der Waals surface area contributed by atoms with Crippen molar-refractivity contribution in [2.45, 2.75) is 57.2 Å². The van der Waals surface area contributed by atoms with Crippen LogP contribution in [0.25, 0.3) is 11.1 Å². The van der Waals surface area contributed by atoms with Gasteiger partial charge in [0.05, 0.1) is 11.1 Å². The SMILES string of the molecule is Cc1ccc(C(/C=C/C(F)(F)F)C2(Cc3ccc(-c4ccccc4)cc3)C(=O)N(C(=O)OC(C)(C)C)c3ccccc32)cc1. The van der Waals surface area contributed by atoms with Crippen LogP contribution in [-0.4, -0.2) is 23.8 Å². The summed E-state index contributed by atoms with van der Waals surface area (Å²) in [7, 11) is 0. The molecule has 0 spiro atoms. The number of halogens is 3. The fourth-order valence-corrected chi connectivity index (χ4v) is 5.85. The molecule has 0 aromatic heterocycles. The lowest BCUT2D eigenvalue weighted by atomic mass is 9.64. The third kappa shape index (κ3) is 6.32. The number of amides is 2. The zero-order valence-corrected chi connectivity index (χ0v) is 25.1. The second kappa shape index (κ2) is 11.8. The summed E-state index contributed by atoms with van der Waals surface area (Å²) in [4.78, 5) is 29.4. The van der Waals surface area contributed by atoms with Crippen LogP contribution < -0.4 is 4.90 Å². The molecule has 2 atom stereocenters. The van der Waals surface area contributed by atoms with E-state index in [1.165, 1.54) is 0 Å². The molecule has 0 bridgehead atoms. The molecule has 1 aliphatic rings. The molecule has 4 aromatic rings. The largest absolute Gasteiger partial charge is 0.443 e. The van der Waals surface area contributed by atoms with E-state index in [2.05, 4.69) is 0 Å². The first kappa shape index (κ1) is 30.8. The highest BCUT2D eigenvalue weighted by Crippen LogP contribution is 2.53. The van der Waals surface area contributed by atoms with E-state index in [4.69, 9.17) is 4.74 Å². The molecule has 2 unspecified atom stereocenters. The van der Waals surface area contributed by atoms with Crippen molar-refractivity contribution in [2.75, 3.05) is 4.90 Å². The Balaban J connectivity index is 1.72. The Kier molecular flexibility index (Phi) is 8.25. The molecule has 4 aromatic carbocycles. The standard InChI is InChI=1S/C37H34F3NO3/c1-25-14-18-29(19-15-25)30(22-23-37(38,39)40)36(24-26-16-20-28(21-17-26)27-10-6-5-7-11-27)31-12-8-9-13-32(31)41(33(36)42)34(43)44-35(2,3)4/h5-23,30H,24H2,1-4H3/b23-22+. The fraction of sp³-hybridized carbons (Fsp3) is 0.243. The van der Waals surface area contributed by atoms with Crippen LogP contribution in [0.1, 0.15) is 48.9 Å². The number of aryl methyl sites for hydroxylation is 1. The first-order valence-electron chi connectivity index (χ1n) is 14.4. The normalized spacial score (nSPS) is 17.5. The quantitative estimate of drug-likeness (QED) is 0.208. The predicted molar refractivity (Wildman–Crippen MR) is 167 cm³/mol. The van der Waals surface area contributed by atoms with Gasteiger partial charge in [0.2, 0.25) is 5.91 Å². The summed E-state index contributed by atoms with van der Waals surface area (Å²) in [6.45, 7) is 6.97. The van der Waals surface area contributed by atoms with Crippen molar-refractivity contribution >= 4 is 17.7 Å². The van der Waals surface area contributed by atoms with Crippen LogP contribution >= 0.6 is 0 Å². The second-order valence-corrected chi connectivity index (χ2v) is 12.1. The molecular weight excluding hydrogens is 563 g/mol. The Bertz CT molecular complexity index is 1670. The molecule has 226 valence electrons. The van der Waals surface area contributed by atoms with E-state index in [-0.39, 0.29) is 12.5 Å². The highest BCUT2D eigenvalue weighted by molar-refractivity contribution is 6.21. The zero-order valence-electron chi connectivity index (χ0n) is 25.1. The van der Waals surface area contributed by atoms with Crippen molar-refractivity contribution in [1.29, 1.82) is 0 Å². The first-order valence-corrected chi connectivity index (χ1v) is 14.4. The van der Waals surface area contributed by atoms with E-state index in [0.29, 0.717) is 16.8 Å². The molecule has 4 nitrogen and oxygen atoms in total. The van der Waals surface area contributed by atoms with E-state index in [1.807, 2.05) is 73.7 Å². The highest BCUT2D eigenvalue weighted by Gasteiger charge is 2.57. The van der Waals surface area contributed by atoms with Gasteiger partial charge in [-0.15, -0.1) is 0 Å². The van der Waals surface area contributed by atoms with Crippen molar-refractivity contribution < 1.29 is 27.5 Å².